The summed E-state index contributed by atoms with van der Waals surface area (Å²) in [7, 11) is 0. The molecule has 0 amide bonds. The summed E-state index contributed by atoms with van der Waals surface area (Å²) in [4.78, 5) is 31.9. The lowest BCUT2D eigenvalue weighted by Gasteiger charge is -2.37. The van der Waals surface area contributed by atoms with Crippen molar-refractivity contribution in [2.75, 3.05) is 18.0 Å². The Morgan fingerprint density at radius 2 is 1.83 bits per heavy atom. The topological polar surface area (TPSA) is 104 Å². The Balaban J connectivity index is 1.10. The normalized spacial score (nSPS) is 16.9. The van der Waals surface area contributed by atoms with E-state index in [-0.39, 0.29) is 11.2 Å². The van der Waals surface area contributed by atoms with Crippen LogP contribution in [0, 0.1) is 0 Å². The minimum atomic E-state index is -0.936. The third kappa shape index (κ3) is 4.10. The molecule has 0 unspecified atom stereocenters. The molecule has 4 aromatic rings. The quantitative estimate of drug-likeness (QED) is 0.413. The molecule has 2 aromatic carbocycles. The molecule has 2 aliphatic heterocycles. The first-order valence-corrected chi connectivity index (χ1v) is 11.8. The van der Waals surface area contributed by atoms with Crippen molar-refractivity contribution < 1.29 is 14.7 Å². The molecular formula is C26H22ClN5O3. The van der Waals surface area contributed by atoms with Gasteiger partial charge in [0.1, 0.15) is 17.2 Å². The Labute approximate surface area is 206 Å². The van der Waals surface area contributed by atoms with Crippen molar-refractivity contribution in [3.8, 4) is 11.4 Å². The predicted octanol–water partition coefficient (Wildman–Crippen LogP) is 5.14. The number of aromatic carboxylic acids is 1. The van der Waals surface area contributed by atoms with Gasteiger partial charge in [-0.15, -0.1) is 0 Å². The van der Waals surface area contributed by atoms with Gasteiger partial charge in [0.15, 0.2) is 0 Å². The van der Waals surface area contributed by atoms with Crippen LogP contribution in [0.4, 0.5) is 5.82 Å². The SMILES string of the molecule is O=C(O)c1ccc(C2=NOC3(CCN(c4ccc(-c5nc6ccc(Cl)cc6[nH]5)cn4)CC3)C2)cc1. The summed E-state index contributed by atoms with van der Waals surface area (Å²) in [6.07, 6.45) is 4.23. The molecule has 2 N–H and O–H groups in total. The van der Waals surface area contributed by atoms with E-state index < -0.39 is 5.97 Å². The van der Waals surface area contributed by atoms with E-state index in [1.165, 1.54) is 0 Å². The second-order valence-electron chi connectivity index (χ2n) is 9.01. The number of nitrogens with zero attached hydrogens (tertiary/aromatic N) is 4. The number of benzene rings is 2. The fourth-order valence-corrected chi connectivity index (χ4v) is 4.90. The second kappa shape index (κ2) is 8.39. The number of hydrogen-bond donors (Lipinski definition) is 2. The van der Waals surface area contributed by atoms with Crippen LogP contribution in [-0.4, -0.2) is 50.4 Å². The van der Waals surface area contributed by atoms with Crippen molar-refractivity contribution in [3.63, 3.8) is 0 Å². The molecule has 35 heavy (non-hydrogen) atoms. The Morgan fingerprint density at radius 1 is 1.06 bits per heavy atom. The van der Waals surface area contributed by atoms with Crippen LogP contribution < -0.4 is 4.90 Å². The van der Waals surface area contributed by atoms with Gasteiger partial charge in [-0.05, 0) is 48.0 Å². The number of halogens is 1. The zero-order chi connectivity index (χ0) is 24.0. The van der Waals surface area contributed by atoms with Crippen molar-refractivity contribution in [1.82, 2.24) is 15.0 Å². The van der Waals surface area contributed by atoms with E-state index in [0.717, 1.165) is 71.9 Å². The number of hydrogen-bond acceptors (Lipinski definition) is 6. The molecule has 0 bridgehead atoms. The molecule has 0 saturated carbocycles. The fraction of sp³-hybridized carbons (Fsp3) is 0.231. The molecule has 1 saturated heterocycles. The number of oxime groups is 1. The highest BCUT2D eigenvalue weighted by atomic mass is 35.5. The lowest BCUT2D eigenvalue weighted by molar-refractivity contribution is -0.0360. The van der Waals surface area contributed by atoms with Gasteiger partial charge in [0.2, 0.25) is 0 Å². The van der Waals surface area contributed by atoms with E-state index in [0.29, 0.717) is 5.02 Å². The van der Waals surface area contributed by atoms with E-state index in [2.05, 4.69) is 25.0 Å². The lowest BCUT2D eigenvalue weighted by Crippen LogP contribution is -2.44. The molecule has 9 heteroatoms. The Hall–Kier alpha value is -3.91. The molecule has 2 aliphatic rings. The van der Waals surface area contributed by atoms with Crippen LogP contribution in [0.2, 0.25) is 5.02 Å². The van der Waals surface area contributed by atoms with E-state index in [9.17, 15) is 4.79 Å². The van der Waals surface area contributed by atoms with Crippen molar-refractivity contribution >= 4 is 40.1 Å². The highest BCUT2D eigenvalue weighted by Crippen LogP contribution is 2.37. The molecule has 1 fully saturated rings. The first-order chi connectivity index (χ1) is 17.0. The largest absolute Gasteiger partial charge is 0.478 e. The highest BCUT2D eigenvalue weighted by Gasteiger charge is 2.42. The van der Waals surface area contributed by atoms with Gasteiger partial charge < -0.3 is 19.8 Å². The molecule has 0 aliphatic carbocycles. The number of aromatic nitrogens is 3. The van der Waals surface area contributed by atoms with Gasteiger partial charge in [0.05, 0.1) is 22.3 Å². The van der Waals surface area contributed by atoms with Gasteiger partial charge >= 0.3 is 5.97 Å². The molecule has 6 rings (SSSR count). The van der Waals surface area contributed by atoms with Gasteiger partial charge in [0, 0.05) is 49.1 Å². The maximum absolute atomic E-state index is 11.1. The zero-order valence-electron chi connectivity index (χ0n) is 18.7. The number of carboxylic acid groups (broad SMARTS) is 1. The van der Waals surface area contributed by atoms with Gasteiger partial charge in [-0.3, -0.25) is 0 Å². The molecule has 8 nitrogen and oxygen atoms in total. The number of nitrogens with one attached hydrogen (secondary N) is 1. The van der Waals surface area contributed by atoms with Crippen LogP contribution in [0.15, 0.2) is 65.9 Å². The number of anilines is 1. The third-order valence-electron chi connectivity index (χ3n) is 6.77. The number of imidazole rings is 1. The lowest BCUT2D eigenvalue weighted by atomic mass is 9.85. The van der Waals surface area contributed by atoms with Crippen LogP contribution in [0.5, 0.6) is 0 Å². The fourth-order valence-electron chi connectivity index (χ4n) is 4.72. The Bertz CT molecular complexity index is 1440. The standard InChI is InChI=1S/C26H22ClN5O3/c27-19-6-7-20-21(13-19)30-24(29-20)18-5-8-23(28-15-18)32-11-9-26(10-12-32)14-22(31-35-26)16-1-3-17(4-2-16)25(33)34/h1-8,13,15H,9-12,14H2,(H,29,30)(H,33,34). The summed E-state index contributed by atoms with van der Waals surface area (Å²) in [5.41, 5.74) is 4.40. The minimum Gasteiger partial charge on any atom is -0.478 e. The maximum Gasteiger partial charge on any atom is 0.335 e. The number of piperidine rings is 1. The number of aromatic amines is 1. The monoisotopic (exact) mass is 487 g/mol. The van der Waals surface area contributed by atoms with Gasteiger partial charge in [-0.1, -0.05) is 28.9 Å². The van der Waals surface area contributed by atoms with E-state index in [1.807, 2.05) is 36.5 Å². The van der Waals surface area contributed by atoms with Crippen LogP contribution in [0.1, 0.15) is 35.2 Å². The van der Waals surface area contributed by atoms with E-state index in [1.54, 1.807) is 24.3 Å². The zero-order valence-corrected chi connectivity index (χ0v) is 19.5. The van der Waals surface area contributed by atoms with E-state index in [4.69, 9.17) is 21.5 Å². The predicted molar refractivity (Wildman–Crippen MR) is 134 cm³/mol. The smallest absolute Gasteiger partial charge is 0.335 e. The molecular weight excluding hydrogens is 466 g/mol. The Kier molecular flexibility index (Phi) is 5.18. The summed E-state index contributed by atoms with van der Waals surface area (Å²) in [6.45, 7) is 1.63. The van der Waals surface area contributed by atoms with Crippen molar-refractivity contribution in [3.05, 3.63) is 76.9 Å². The number of pyridine rings is 1. The minimum absolute atomic E-state index is 0.263. The summed E-state index contributed by atoms with van der Waals surface area (Å²) >= 11 is 6.08. The molecule has 1 spiro atoms. The summed E-state index contributed by atoms with van der Waals surface area (Å²) in [5, 5.41) is 14.1. The van der Waals surface area contributed by atoms with Gasteiger partial charge in [0.25, 0.3) is 0 Å². The van der Waals surface area contributed by atoms with Gasteiger partial charge in [-0.2, -0.15) is 0 Å². The van der Waals surface area contributed by atoms with E-state index >= 15 is 0 Å². The average molecular weight is 488 g/mol. The molecule has 2 aromatic heterocycles. The second-order valence-corrected chi connectivity index (χ2v) is 9.45. The Morgan fingerprint density at radius 3 is 2.54 bits per heavy atom. The summed E-state index contributed by atoms with van der Waals surface area (Å²) in [5.74, 6) is 0.750. The molecule has 176 valence electrons. The van der Waals surface area contributed by atoms with Crippen LogP contribution in [0.25, 0.3) is 22.4 Å². The summed E-state index contributed by atoms with van der Waals surface area (Å²) in [6, 6.07) is 16.4. The van der Waals surface area contributed by atoms with Crippen LogP contribution in [-0.2, 0) is 4.84 Å². The number of carbonyl (C=O) groups is 1. The highest BCUT2D eigenvalue weighted by molar-refractivity contribution is 6.31. The number of H-pyrrole nitrogens is 1. The molecule has 0 atom stereocenters. The number of rotatable bonds is 4. The first-order valence-electron chi connectivity index (χ1n) is 11.4. The van der Waals surface area contributed by atoms with Crippen molar-refractivity contribution in [2.45, 2.75) is 24.9 Å². The third-order valence-corrected chi connectivity index (χ3v) is 7.00. The van der Waals surface area contributed by atoms with Crippen molar-refractivity contribution in [1.29, 1.82) is 0 Å². The van der Waals surface area contributed by atoms with Crippen molar-refractivity contribution in [2.24, 2.45) is 5.16 Å². The summed E-state index contributed by atoms with van der Waals surface area (Å²) < 4.78 is 0. The van der Waals surface area contributed by atoms with Gasteiger partial charge in [-0.25, -0.2) is 14.8 Å². The first kappa shape index (κ1) is 21.6. The average Bonchev–Trinajstić information content (AvgIpc) is 3.49. The number of carboxylic acids is 1. The van der Waals surface area contributed by atoms with Crippen LogP contribution in [0.3, 0.4) is 0 Å². The number of fused-ring (bicyclic) bond motifs is 1. The maximum atomic E-state index is 11.1. The molecule has 0 radical (unpaired) electrons. The van der Waals surface area contributed by atoms with Crippen LogP contribution >= 0.6 is 11.6 Å². The molecule has 4 heterocycles.